The largest absolute Gasteiger partial charge is 0.494 e. The number of ether oxygens (including phenoxy) is 1. The highest BCUT2D eigenvalue weighted by Crippen LogP contribution is 2.17. The monoisotopic (exact) mass is 422 g/mol. The number of amides is 2. The van der Waals surface area contributed by atoms with Crippen molar-refractivity contribution in [3.8, 4) is 5.75 Å². The first kappa shape index (κ1) is 22.1. The van der Waals surface area contributed by atoms with Crippen LogP contribution in [0.2, 0.25) is 10.0 Å². The van der Waals surface area contributed by atoms with E-state index in [2.05, 4.69) is 5.32 Å². The van der Waals surface area contributed by atoms with E-state index < -0.39 is 6.04 Å². The minimum atomic E-state index is -0.589. The van der Waals surface area contributed by atoms with E-state index in [1.54, 1.807) is 55.3 Å². The molecule has 5 nitrogen and oxygen atoms in total. The second kappa shape index (κ2) is 10.9. The Hall–Kier alpha value is -2.24. The number of hydrogen-bond acceptors (Lipinski definition) is 3. The molecule has 0 aliphatic carbocycles. The van der Waals surface area contributed by atoms with Gasteiger partial charge in [-0.25, -0.2) is 0 Å². The molecule has 28 heavy (non-hydrogen) atoms. The van der Waals surface area contributed by atoms with Crippen LogP contribution in [0, 0.1) is 0 Å². The Bertz CT molecular complexity index is 796. The molecule has 2 aromatic rings. The molecule has 0 spiro atoms. The maximum Gasteiger partial charge on any atom is 0.242 e. The van der Waals surface area contributed by atoms with Gasteiger partial charge in [-0.2, -0.15) is 0 Å². The van der Waals surface area contributed by atoms with Crippen LogP contribution < -0.4 is 10.1 Å². The first-order chi connectivity index (χ1) is 13.4. The number of likely N-dealkylation sites (N-methyl/N-ethyl adjacent to an activating group) is 1. The minimum absolute atomic E-state index is 0.115. The predicted molar refractivity (Wildman–Crippen MR) is 112 cm³/mol. The average molecular weight is 423 g/mol. The summed E-state index contributed by atoms with van der Waals surface area (Å²) < 4.78 is 5.63. The molecule has 0 saturated carbocycles. The summed E-state index contributed by atoms with van der Waals surface area (Å²) in [4.78, 5) is 26.4. The molecule has 0 fully saturated rings. The number of hydrogen-bond donors (Lipinski definition) is 1. The Kier molecular flexibility index (Phi) is 8.61. The van der Waals surface area contributed by atoms with E-state index >= 15 is 0 Å². The number of rotatable bonds is 9. The number of nitrogens with one attached hydrogen (secondary N) is 1. The van der Waals surface area contributed by atoms with Crippen LogP contribution in [-0.4, -0.2) is 36.4 Å². The second-order valence-electron chi connectivity index (χ2n) is 6.35. The van der Waals surface area contributed by atoms with Gasteiger partial charge in [0.25, 0.3) is 0 Å². The minimum Gasteiger partial charge on any atom is -0.494 e. The van der Waals surface area contributed by atoms with Crippen LogP contribution in [-0.2, 0) is 16.1 Å². The smallest absolute Gasteiger partial charge is 0.242 e. The fourth-order valence-corrected chi connectivity index (χ4v) is 3.05. The van der Waals surface area contributed by atoms with Crippen LogP contribution in [0.3, 0.4) is 0 Å². The Balaban J connectivity index is 1.95. The van der Waals surface area contributed by atoms with Gasteiger partial charge in [-0.15, -0.1) is 0 Å². The van der Waals surface area contributed by atoms with E-state index in [1.165, 1.54) is 0 Å². The predicted octanol–water partition coefficient (Wildman–Crippen LogP) is 4.32. The lowest BCUT2D eigenvalue weighted by Gasteiger charge is -2.28. The molecule has 0 heterocycles. The quantitative estimate of drug-likeness (QED) is 0.612. The molecule has 150 valence electrons. The number of carbonyl (C=O) groups excluding carboxylic acids is 2. The number of carbonyl (C=O) groups is 2. The summed E-state index contributed by atoms with van der Waals surface area (Å²) >= 11 is 11.9. The lowest BCUT2D eigenvalue weighted by molar-refractivity contribution is -0.140. The van der Waals surface area contributed by atoms with Gasteiger partial charge < -0.3 is 15.0 Å². The molecule has 1 N–H and O–H groups in total. The lowest BCUT2D eigenvalue weighted by Crippen LogP contribution is -2.46. The maximum absolute atomic E-state index is 12.8. The topological polar surface area (TPSA) is 58.6 Å². The molecule has 7 heteroatoms. The van der Waals surface area contributed by atoms with Crippen LogP contribution in [0.1, 0.15) is 25.3 Å². The van der Waals surface area contributed by atoms with Gasteiger partial charge in [0, 0.05) is 30.1 Å². The summed E-state index contributed by atoms with van der Waals surface area (Å²) in [5.41, 5.74) is 0.869. The van der Waals surface area contributed by atoms with Crippen molar-refractivity contribution < 1.29 is 14.3 Å². The van der Waals surface area contributed by atoms with Crippen molar-refractivity contribution in [2.45, 2.75) is 32.4 Å². The Morgan fingerprint density at radius 1 is 1.11 bits per heavy atom. The first-order valence-electron chi connectivity index (χ1n) is 9.04. The van der Waals surface area contributed by atoms with Crippen molar-refractivity contribution in [2.24, 2.45) is 0 Å². The van der Waals surface area contributed by atoms with Gasteiger partial charge in [0.2, 0.25) is 11.8 Å². The van der Waals surface area contributed by atoms with E-state index in [1.807, 2.05) is 12.1 Å². The zero-order chi connectivity index (χ0) is 20.5. The molecule has 0 aromatic heterocycles. The third-order valence-electron chi connectivity index (χ3n) is 4.27. The Morgan fingerprint density at radius 2 is 1.82 bits per heavy atom. The van der Waals surface area contributed by atoms with Crippen molar-refractivity contribution in [3.05, 3.63) is 64.1 Å². The van der Waals surface area contributed by atoms with Crippen LogP contribution >= 0.6 is 23.2 Å². The standard InChI is InChI=1S/C21H24Cl2N2O3/c1-15(21(27)24-2)25(14-16-5-3-6-18(23)13-16)20(26)7-4-12-28-19-10-8-17(22)9-11-19/h3,5-6,8-11,13,15H,4,7,12,14H2,1-2H3,(H,24,27)/t15-/m0/s1. The van der Waals surface area contributed by atoms with E-state index in [0.29, 0.717) is 35.4 Å². The van der Waals surface area contributed by atoms with Crippen molar-refractivity contribution >= 4 is 35.0 Å². The maximum atomic E-state index is 12.8. The highest BCUT2D eigenvalue weighted by molar-refractivity contribution is 6.30. The highest BCUT2D eigenvalue weighted by atomic mass is 35.5. The second-order valence-corrected chi connectivity index (χ2v) is 7.22. The van der Waals surface area contributed by atoms with Gasteiger partial charge in [0.15, 0.2) is 0 Å². The number of halogens is 2. The van der Waals surface area contributed by atoms with E-state index in [0.717, 1.165) is 5.56 Å². The zero-order valence-corrected chi connectivity index (χ0v) is 17.5. The van der Waals surface area contributed by atoms with Crippen molar-refractivity contribution in [1.29, 1.82) is 0 Å². The first-order valence-corrected chi connectivity index (χ1v) is 9.80. The normalized spacial score (nSPS) is 11.6. The molecule has 0 saturated heterocycles. The molecule has 1 atom stereocenters. The third-order valence-corrected chi connectivity index (χ3v) is 4.76. The van der Waals surface area contributed by atoms with Crippen molar-refractivity contribution in [3.63, 3.8) is 0 Å². The summed E-state index contributed by atoms with van der Waals surface area (Å²) in [6.07, 6.45) is 0.809. The van der Waals surface area contributed by atoms with Gasteiger partial charge in [-0.1, -0.05) is 35.3 Å². The fourth-order valence-electron chi connectivity index (χ4n) is 2.71. The summed E-state index contributed by atoms with van der Waals surface area (Å²) in [6, 6.07) is 13.7. The van der Waals surface area contributed by atoms with E-state index in [4.69, 9.17) is 27.9 Å². The molecule has 2 rings (SSSR count). The molecule has 0 radical (unpaired) electrons. The molecular formula is C21H24Cl2N2O3. The van der Waals surface area contributed by atoms with Gasteiger partial charge >= 0.3 is 0 Å². The zero-order valence-electron chi connectivity index (χ0n) is 16.0. The Labute approximate surface area is 175 Å². The van der Waals surface area contributed by atoms with E-state index in [-0.39, 0.29) is 18.2 Å². The number of nitrogens with zero attached hydrogens (tertiary/aromatic N) is 1. The lowest BCUT2D eigenvalue weighted by atomic mass is 10.1. The molecule has 0 bridgehead atoms. The molecule has 2 aromatic carbocycles. The van der Waals surface area contributed by atoms with Crippen LogP contribution in [0.5, 0.6) is 5.75 Å². The van der Waals surface area contributed by atoms with Crippen LogP contribution in [0.15, 0.2) is 48.5 Å². The molecule has 2 amide bonds. The SMILES string of the molecule is CNC(=O)[C@H](C)N(Cc1cccc(Cl)c1)C(=O)CCCOc1ccc(Cl)cc1. The summed E-state index contributed by atoms with van der Waals surface area (Å²) in [7, 11) is 1.56. The van der Waals surface area contributed by atoms with Crippen LogP contribution in [0.4, 0.5) is 0 Å². The fraction of sp³-hybridized carbons (Fsp3) is 0.333. The average Bonchev–Trinajstić information content (AvgIpc) is 2.69. The van der Waals surface area contributed by atoms with Gasteiger partial charge in [-0.05, 0) is 55.3 Å². The summed E-state index contributed by atoms with van der Waals surface area (Å²) in [5.74, 6) is 0.370. The van der Waals surface area contributed by atoms with Crippen molar-refractivity contribution in [2.75, 3.05) is 13.7 Å². The molecule has 0 unspecified atom stereocenters. The van der Waals surface area contributed by atoms with Gasteiger partial charge in [-0.3, -0.25) is 9.59 Å². The third kappa shape index (κ3) is 6.73. The molecule has 0 aliphatic rings. The van der Waals surface area contributed by atoms with Crippen LogP contribution in [0.25, 0.3) is 0 Å². The highest BCUT2D eigenvalue weighted by Gasteiger charge is 2.25. The summed E-state index contributed by atoms with van der Waals surface area (Å²) in [5, 5.41) is 3.83. The number of benzene rings is 2. The van der Waals surface area contributed by atoms with Crippen molar-refractivity contribution in [1.82, 2.24) is 10.2 Å². The Morgan fingerprint density at radius 3 is 2.46 bits per heavy atom. The van der Waals surface area contributed by atoms with E-state index in [9.17, 15) is 9.59 Å². The van der Waals surface area contributed by atoms with Gasteiger partial charge in [0.05, 0.1) is 6.61 Å². The summed E-state index contributed by atoms with van der Waals surface area (Å²) in [6.45, 7) is 2.42. The van der Waals surface area contributed by atoms with Gasteiger partial charge in [0.1, 0.15) is 11.8 Å². The molecular weight excluding hydrogens is 399 g/mol. The molecule has 0 aliphatic heterocycles.